The van der Waals surface area contributed by atoms with Crippen LogP contribution in [0.25, 0.3) is 0 Å². The van der Waals surface area contributed by atoms with Crippen molar-refractivity contribution in [3.05, 3.63) is 0 Å². The fourth-order valence-electron chi connectivity index (χ4n) is 2.90. The molecule has 1 aliphatic heterocycles. The second-order valence-corrected chi connectivity index (χ2v) is 6.88. The van der Waals surface area contributed by atoms with E-state index in [0.717, 1.165) is 33.6 Å². The SMILES string of the molecule is CCCCNC(=O)N[C@H]1[C@H](OC(C)=O)O[C@H](COC(C)=O)[C@@H](OC(C)=O)[C@@H]1OC(C)=O. The lowest BCUT2D eigenvalue weighted by atomic mass is 9.96. The van der Waals surface area contributed by atoms with Gasteiger partial charge in [0.25, 0.3) is 0 Å². The number of esters is 4. The normalized spacial score (nSPS) is 25.0. The van der Waals surface area contributed by atoms with E-state index in [-0.39, 0.29) is 6.61 Å². The molecule has 31 heavy (non-hydrogen) atoms. The zero-order valence-electron chi connectivity index (χ0n) is 18.3. The fourth-order valence-corrected chi connectivity index (χ4v) is 2.90. The number of carbonyl (C=O) groups is 5. The first-order chi connectivity index (χ1) is 14.5. The van der Waals surface area contributed by atoms with Crippen LogP contribution in [0.15, 0.2) is 0 Å². The first kappa shape index (κ1) is 26.1. The zero-order valence-corrected chi connectivity index (χ0v) is 18.3. The lowest BCUT2D eigenvalue weighted by Crippen LogP contribution is -2.67. The van der Waals surface area contributed by atoms with Gasteiger partial charge in [0.2, 0.25) is 6.29 Å². The van der Waals surface area contributed by atoms with Crippen molar-refractivity contribution in [3.63, 3.8) is 0 Å². The molecule has 0 aromatic heterocycles. The van der Waals surface area contributed by atoms with E-state index in [1.165, 1.54) is 6.92 Å². The van der Waals surface area contributed by atoms with Crippen molar-refractivity contribution < 1.29 is 47.7 Å². The van der Waals surface area contributed by atoms with Gasteiger partial charge < -0.3 is 34.3 Å². The highest BCUT2D eigenvalue weighted by Gasteiger charge is 2.52. The summed E-state index contributed by atoms with van der Waals surface area (Å²) in [7, 11) is 0. The maximum atomic E-state index is 12.3. The third-order valence-electron chi connectivity index (χ3n) is 4.10. The molecule has 1 heterocycles. The quantitative estimate of drug-likeness (QED) is 0.284. The summed E-state index contributed by atoms with van der Waals surface area (Å²) in [5.74, 6) is -2.83. The highest BCUT2D eigenvalue weighted by molar-refractivity contribution is 5.75. The van der Waals surface area contributed by atoms with Crippen molar-refractivity contribution >= 4 is 29.9 Å². The Hall–Kier alpha value is -2.89. The average molecular weight is 446 g/mol. The molecule has 0 bridgehead atoms. The average Bonchev–Trinajstić information content (AvgIpc) is 2.64. The molecule has 1 aliphatic rings. The third-order valence-corrected chi connectivity index (χ3v) is 4.10. The van der Waals surface area contributed by atoms with Gasteiger partial charge in [-0.3, -0.25) is 19.2 Å². The molecule has 1 fully saturated rings. The van der Waals surface area contributed by atoms with Crippen molar-refractivity contribution in [3.8, 4) is 0 Å². The van der Waals surface area contributed by atoms with E-state index in [2.05, 4.69) is 10.6 Å². The summed E-state index contributed by atoms with van der Waals surface area (Å²) in [6, 6.07) is -1.84. The molecule has 1 rings (SSSR count). The number of rotatable bonds is 9. The topological polar surface area (TPSA) is 156 Å². The van der Waals surface area contributed by atoms with E-state index < -0.39 is 60.6 Å². The van der Waals surface area contributed by atoms with Gasteiger partial charge in [0.05, 0.1) is 0 Å². The number of urea groups is 1. The minimum absolute atomic E-state index is 0.377. The van der Waals surface area contributed by atoms with Gasteiger partial charge in [0.15, 0.2) is 12.2 Å². The third kappa shape index (κ3) is 9.20. The Morgan fingerprint density at radius 1 is 0.839 bits per heavy atom. The van der Waals surface area contributed by atoms with Gasteiger partial charge in [0.1, 0.15) is 18.8 Å². The van der Waals surface area contributed by atoms with Gasteiger partial charge in [-0.05, 0) is 6.42 Å². The molecule has 176 valence electrons. The first-order valence-electron chi connectivity index (χ1n) is 9.90. The van der Waals surface area contributed by atoms with Crippen LogP contribution in [-0.4, -0.2) is 73.7 Å². The van der Waals surface area contributed by atoms with Crippen LogP contribution >= 0.6 is 0 Å². The minimum Gasteiger partial charge on any atom is -0.463 e. The first-order valence-corrected chi connectivity index (χ1v) is 9.90. The molecule has 0 spiro atoms. The van der Waals surface area contributed by atoms with E-state index in [1.54, 1.807) is 0 Å². The highest BCUT2D eigenvalue weighted by atomic mass is 16.7. The molecule has 0 radical (unpaired) electrons. The summed E-state index contributed by atoms with van der Waals surface area (Å²) in [5, 5.41) is 5.17. The molecular formula is C19H30N2O10. The predicted molar refractivity (Wildman–Crippen MR) is 103 cm³/mol. The summed E-state index contributed by atoms with van der Waals surface area (Å²) in [6.07, 6.45) is -3.51. The number of amides is 2. The van der Waals surface area contributed by atoms with Crippen LogP contribution in [0.2, 0.25) is 0 Å². The number of nitrogens with one attached hydrogen (secondary N) is 2. The summed E-state index contributed by atoms with van der Waals surface area (Å²) >= 11 is 0. The number of ether oxygens (including phenoxy) is 5. The van der Waals surface area contributed by atoms with Gasteiger partial charge in [-0.25, -0.2) is 4.79 Å². The second-order valence-electron chi connectivity index (χ2n) is 6.88. The van der Waals surface area contributed by atoms with Crippen molar-refractivity contribution in [2.24, 2.45) is 0 Å². The Balaban J connectivity index is 3.24. The monoisotopic (exact) mass is 446 g/mol. The van der Waals surface area contributed by atoms with Gasteiger partial charge in [0, 0.05) is 34.2 Å². The lowest BCUT2D eigenvalue weighted by Gasteiger charge is -2.44. The summed E-state index contributed by atoms with van der Waals surface area (Å²) in [5.41, 5.74) is 0. The van der Waals surface area contributed by atoms with Crippen LogP contribution in [0.3, 0.4) is 0 Å². The molecule has 0 aliphatic carbocycles. The van der Waals surface area contributed by atoms with E-state index >= 15 is 0 Å². The van der Waals surface area contributed by atoms with Crippen LogP contribution in [0, 0.1) is 0 Å². The van der Waals surface area contributed by atoms with Gasteiger partial charge in [-0.15, -0.1) is 0 Å². The van der Waals surface area contributed by atoms with Gasteiger partial charge >= 0.3 is 29.9 Å². The maximum absolute atomic E-state index is 12.3. The Labute approximate surface area is 180 Å². The molecule has 5 atom stereocenters. The largest absolute Gasteiger partial charge is 0.463 e. The lowest BCUT2D eigenvalue weighted by molar-refractivity contribution is -0.270. The van der Waals surface area contributed by atoms with E-state index in [1.807, 2.05) is 6.92 Å². The molecule has 2 amide bonds. The summed E-state index contributed by atoms with van der Waals surface area (Å²) in [6.45, 7) is 6.51. The number of hydrogen-bond donors (Lipinski definition) is 2. The molecular weight excluding hydrogens is 416 g/mol. The van der Waals surface area contributed by atoms with Crippen LogP contribution in [0.5, 0.6) is 0 Å². The Morgan fingerprint density at radius 3 is 1.94 bits per heavy atom. The fraction of sp³-hybridized carbons (Fsp3) is 0.737. The van der Waals surface area contributed by atoms with Crippen LogP contribution < -0.4 is 10.6 Å². The number of hydrogen-bond acceptors (Lipinski definition) is 10. The Kier molecular flexibility index (Phi) is 10.7. The van der Waals surface area contributed by atoms with Crippen molar-refractivity contribution in [2.45, 2.75) is 78.1 Å². The Morgan fingerprint density at radius 2 is 1.42 bits per heavy atom. The second kappa shape index (κ2) is 12.7. The summed E-state index contributed by atoms with van der Waals surface area (Å²) in [4.78, 5) is 58.6. The molecule has 2 N–H and O–H groups in total. The predicted octanol–water partition coefficient (Wildman–Crippen LogP) is 0.169. The number of carbonyl (C=O) groups excluding carboxylic acids is 5. The van der Waals surface area contributed by atoms with E-state index in [9.17, 15) is 24.0 Å². The molecule has 12 heteroatoms. The van der Waals surface area contributed by atoms with E-state index in [4.69, 9.17) is 23.7 Å². The van der Waals surface area contributed by atoms with Crippen molar-refractivity contribution in [2.75, 3.05) is 13.2 Å². The van der Waals surface area contributed by atoms with Gasteiger partial charge in [-0.1, -0.05) is 13.3 Å². The van der Waals surface area contributed by atoms with E-state index in [0.29, 0.717) is 6.54 Å². The summed E-state index contributed by atoms with van der Waals surface area (Å²) < 4.78 is 26.4. The number of unbranched alkanes of at least 4 members (excludes halogenated alkanes) is 1. The standard InChI is InChI=1S/C19H30N2O10/c1-6-7-8-20-19(26)21-15-17(29-12(4)24)16(28-11(3)23)14(9-27-10(2)22)31-18(15)30-13(5)25/h14-18H,6-9H2,1-5H3,(H2,20,21,26)/t14-,15-,16-,17-,18-/m1/s1. The molecule has 0 aromatic carbocycles. The molecule has 12 nitrogen and oxygen atoms in total. The minimum atomic E-state index is -1.41. The molecule has 0 unspecified atom stereocenters. The zero-order chi connectivity index (χ0) is 23.6. The van der Waals surface area contributed by atoms with Crippen molar-refractivity contribution in [1.82, 2.24) is 10.6 Å². The maximum Gasteiger partial charge on any atom is 0.315 e. The molecule has 0 saturated carbocycles. The van der Waals surface area contributed by atoms with Gasteiger partial charge in [-0.2, -0.15) is 0 Å². The molecule has 1 saturated heterocycles. The molecule has 0 aromatic rings. The van der Waals surface area contributed by atoms with Crippen LogP contribution in [0.1, 0.15) is 47.5 Å². The van der Waals surface area contributed by atoms with Crippen LogP contribution in [-0.2, 0) is 42.9 Å². The smallest absolute Gasteiger partial charge is 0.315 e. The van der Waals surface area contributed by atoms with Crippen molar-refractivity contribution in [1.29, 1.82) is 0 Å². The van der Waals surface area contributed by atoms with Crippen LogP contribution in [0.4, 0.5) is 4.79 Å². The highest BCUT2D eigenvalue weighted by Crippen LogP contribution is 2.28. The Bertz CT molecular complexity index is 668.